The van der Waals surface area contributed by atoms with E-state index in [0.29, 0.717) is 13.2 Å². The predicted molar refractivity (Wildman–Crippen MR) is 56.1 cm³/mol. The van der Waals surface area contributed by atoms with Crippen molar-refractivity contribution in [1.29, 1.82) is 0 Å². The highest BCUT2D eigenvalue weighted by atomic mass is 19.1. The van der Waals surface area contributed by atoms with E-state index < -0.39 is 6.30 Å². The Labute approximate surface area is 88.4 Å². The molecule has 4 heteroatoms. The zero-order chi connectivity index (χ0) is 10.7. The van der Waals surface area contributed by atoms with Gasteiger partial charge >= 0.3 is 0 Å². The van der Waals surface area contributed by atoms with Crippen molar-refractivity contribution >= 4 is 5.69 Å². The topological polar surface area (TPSA) is 21.7 Å². The molecule has 0 radical (unpaired) electrons. The average molecular weight is 211 g/mol. The summed E-state index contributed by atoms with van der Waals surface area (Å²) in [4.78, 5) is 1.69. The fourth-order valence-corrected chi connectivity index (χ4v) is 1.65. The molecule has 1 atom stereocenters. The molecule has 1 unspecified atom stereocenters. The molecule has 1 saturated heterocycles. The van der Waals surface area contributed by atoms with E-state index in [9.17, 15) is 4.39 Å². The van der Waals surface area contributed by atoms with Crippen molar-refractivity contribution in [1.82, 2.24) is 0 Å². The van der Waals surface area contributed by atoms with Gasteiger partial charge in [-0.1, -0.05) is 6.07 Å². The van der Waals surface area contributed by atoms with Crippen molar-refractivity contribution in [3.63, 3.8) is 0 Å². The van der Waals surface area contributed by atoms with Crippen molar-refractivity contribution in [3.05, 3.63) is 24.3 Å². The van der Waals surface area contributed by atoms with Crippen molar-refractivity contribution in [3.8, 4) is 5.75 Å². The Morgan fingerprint density at radius 1 is 1.53 bits per heavy atom. The first-order valence-corrected chi connectivity index (χ1v) is 4.94. The molecule has 1 aliphatic heterocycles. The van der Waals surface area contributed by atoms with E-state index in [1.54, 1.807) is 12.0 Å². The van der Waals surface area contributed by atoms with Crippen LogP contribution in [0.25, 0.3) is 0 Å². The van der Waals surface area contributed by atoms with Crippen molar-refractivity contribution < 1.29 is 13.9 Å². The second kappa shape index (κ2) is 4.49. The van der Waals surface area contributed by atoms with Gasteiger partial charge < -0.3 is 14.4 Å². The summed E-state index contributed by atoms with van der Waals surface area (Å²) in [5, 5.41) is 0. The summed E-state index contributed by atoms with van der Waals surface area (Å²) in [5.41, 5.74) is 0.838. The molecule has 1 heterocycles. The Morgan fingerprint density at radius 3 is 3.13 bits per heavy atom. The third-order valence-corrected chi connectivity index (χ3v) is 2.46. The highest BCUT2D eigenvalue weighted by Crippen LogP contribution is 2.24. The summed E-state index contributed by atoms with van der Waals surface area (Å²) in [6, 6.07) is 7.41. The molecular formula is C11H14FNO2. The summed E-state index contributed by atoms with van der Waals surface area (Å²) in [6.07, 6.45) is -1.06. The van der Waals surface area contributed by atoms with Crippen molar-refractivity contribution in [2.45, 2.75) is 6.30 Å². The highest BCUT2D eigenvalue weighted by molar-refractivity contribution is 5.51. The molecule has 1 aromatic carbocycles. The minimum Gasteiger partial charge on any atom is -0.497 e. The molecule has 1 aromatic rings. The number of anilines is 1. The number of nitrogens with zero attached hydrogens (tertiary/aromatic N) is 1. The fraction of sp³-hybridized carbons (Fsp3) is 0.455. The van der Waals surface area contributed by atoms with Gasteiger partial charge in [0.2, 0.25) is 0 Å². The molecule has 1 fully saturated rings. The highest BCUT2D eigenvalue weighted by Gasteiger charge is 2.22. The van der Waals surface area contributed by atoms with E-state index >= 15 is 0 Å². The maximum absolute atomic E-state index is 13.5. The number of hydrogen-bond donors (Lipinski definition) is 0. The first-order valence-electron chi connectivity index (χ1n) is 4.94. The Bertz CT molecular complexity index is 332. The molecule has 0 spiro atoms. The molecular weight excluding hydrogens is 197 g/mol. The SMILES string of the molecule is COc1cccc(N2CCOCC2F)c1. The van der Waals surface area contributed by atoms with Gasteiger partial charge in [0, 0.05) is 18.3 Å². The fourth-order valence-electron chi connectivity index (χ4n) is 1.65. The van der Waals surface area contributed by atoms with Crippen LogP contribution >= 0.6 is 0 Å². The van der Waals surface area contributed by atoms with E-state index in [-0.39, 0.29) is 6.61 Å². The second-order valence-electron chi connectivity index (χ2n) is 3.40. The van der Waals surface area contributed by atoms with Crippen LogP contribution in [0, 0.1) is 0 Å². The quantitative estimate of drug-likeness (QED) is 0.696. The molecule has 0 aliphatic carbocycles. The first-order chi connectivity index (χ1) is 7.31. The standard InChI is InChI=1S/C11H14FNO2/c1-14-10-4-2-3-9(7-10)13-5-6-15-8-11(13)12/h2-4,7,11H,5-6,8H2,1H3. The van der Waals surface area contributed by atoms with Crippen LogP contribution in [0.1, 0.15) is 0 Å². The van der Waals surface area contributed by atoms with Gasteiger partial charge in [-0.15, -0.1) is 0 Å². The number of benzene rings is 1. The van der Waals surface area contributed by atoms with E-state index in [1.807, 2.05) is 24.3 Å². The van der Waals surface area contributed by atoms with Crippen LogP contribution < -0.4 is 9.64 Å². The molecule has 0 bridgehead atoms. The van der Waals surface area contributed by atoms with Crippen LogP contribution in [0.4, 0.5) is 10.1 Å². The summed E-state index contributed by atoms with van der Waals surface area (Å²) >= 11 is 0. The minimum absolute atomic E-state index is 0.136. The van der Waals surface area contributed by atoms with E-state index in [4.69, 9.17) is 9.47 Å². The largest absolute Gasteiger partial charge is 0.497 e. The van der Waals surface area contributed by atoms with Gasteiger partial charge in [0.05, 0.1) is 20.3 Å². The van der Waals surface area contributed by atoms with E-state index in [0.717, 1.165) is 11.4 Å². The number of morpholine rings is 1. The van der Waals surface area contributed by atoms with Crippen LogP contribution in [0.3, 0.4) is 0 Å². The van der Waals surface area contributed by atoms with E-state index in [1.165, 1.54) is 0 Å². The zero-order valence-corrected chi connectivity index (χ0v) is 8.65. The molecule has 1 aliphatic rings. The monoisotopic (exact) mass is 211 g/mol. The van der Waals surface area contributed by atoms with Crippen molar-refractivity contribution in [2.75, 3.05) is 31.8 Å². The van der Waals surface area contributed by atoms with Gasteiger partial charge in [0.25, 0.3) is 0 Å². The molecule has 0 N–H and O–H groups in total. The smallest absolute Gasteiger partial charge is 0.196 e. The van der Waals surface area contributed by atoms with Gasteiger partial charge in [0.1, 0.15) is 5.75 Å². The number of rotatable bonds is 2. The van der Waals surface area contributed by atoms with Gasteiger partial charge in [-0.25, -0.2) is 4.39 Å². The van der Waals surface area contributed by atoms with Gasteiger partial charge in [-0.3, -0.25) is 0 Å². The molecule has 3 nitrogen and oxygen atoms in total. The average Bonchev–Trinajstić information content (AvgIpc) is 2.30. The summed E-state index contributed by atoms with van der Waals surface area (Å²) < 4.78 is 23.7. The van der Waals surface area contributed by atoms with Crippen molar-refractivity contribution in [2.24, 2.45) is 0 Å². The molecule has 0 aromatic heterocycles. The summed E-state index contributed by atoms with van der Waals surface area (Å²) in [5.74, 6) is 0.742. The Morgan fingerprint density at radius 2 is 2.40 bits per heavy atom. The third-order valence-electron chi connectivity index (χ3n) is 2.46. The number of halogens is 1. The summed E-state index contributed by atoms with van der Waals surface area (Å²) in [6.45, 7) is 1.28. The number of alkyl halides is 1. The number of ether oxygens (including phenoxy) is 2. The number of methoxy groups -OCH3 is 1. The maximum atomic E-state index is 13.5. The number of hydrogen-bond acceptors (Lipinski definition) is 3. The zero-order valence-electron chi connectivity index (χ0n) is 8.65. The molecule has 82 valence electrons. The predicted octanol–water partition coefficient (Wildman–Crippen LogP) is 1.83. The Balaban J connectivity index is 2.19. The van der Waals surface area contributed by atoms with Gasteiger partial charge in [-0.05, 0) is 12.1 Å². The van der Waals surface area contributed by atoms with Crippen LogP contribution in [0.15, 0.2) is 24.3 Å². The lowest BCUT2D eigenvalue weighted by Crippen LogP contribution is -2.42. The van der Waals surface area contributed by atoms with Crippen LogP contribution in [0.5, 0.6) is 5.75 Å². The molecule has 2 rings (SSSR count). The first kappa shape index (κ1) is 10.2. The van der Waals surface area contributed by atoms with Gasteiger partial charge in [0.15, 0.2) is 6.30 Å². The Hall–Kier alpha value is -1.29. The lowest BCUT2D eigenvalue weighted by molar-refractivity contribution is 0.0496. The van der Waals surface area contributed by atoms with E-state index in [2.05, 4.69) is 0 Å². The molecule has 15 heavy (non-hydrogen) atoms. The molecule has 0 amide bonds. The molecule has 0 saturated carbocycles. The Kier molecular flexibility index (Phi) is 3.06. The normalized spacial score (nSPS) is 21.5. The third kappa shape index (κ3) is 2.21. The van der Waals surface area contributed by atoms with Gasteiger partial charge in [-0.2, -0.15) is 0 Å². The summed E-state index contributed by atoms with van der Waals surface area (Å²) in [7, 11) is 1.60. The van der Waals surface area contributed by atoms with Crippen LogP contribution in [0.2, 0.25) is 0 Å². The second-order valence-corrected chi connectivity index (χ2v) is 3.40. The van der Waals surface area contributed by atoms with Crippen LogP contribution in [-0.4, -0.2) is 33.2 Å². The lowest BCUT2D eigenvalue weighted by atomic mass is 10.2. The lowest BCUT2D eigenvalue weighted by Gasteiger charge is -2.32. The minimum atomic E-state index is -1.06. The van der Waals surface area contributed by atoms with Crippen LogP contribution in [-0.2, 0) is 4.74 Å². The maximum Gasteiger partial charge on any atom is 0.196 e.